The van der Waals surface area contributed by atoms with Crippen molar-refractivity contribution in [2.75, 3.05) is 0 Å². The minimum Gasteiger partial charge on any atom is -0.481 e. The summed E-state index contributed by atoms with van der Waals surface area (Å²) < 4.78 is 0. The molecule has 0 aliphatic rings. The first-order valence-corrected chi connectivity index (χ1v) is 4.20. The van der Waals surface area contributed by atoms with Gasteiger partial charge < -0.3 is 10.8 Å². The quantitative estimate of drug-likeness (QED) is 0.673. The molecule has 0 radical (unpaired) electrons. The molecule has 0 saturated carbocycles. The van der Waals surface area contributed by atoms with E-state index in [1.165, 1.54) is 6.42 Å². The van der Waals surface area contributed by atoms with Gasteiger partial charge in [0.1, 0.15) is 0 Å². The smallest absolute Gasteiger partial charge is 0.300 e. The summed E-state index contributed by atoms with van der Waals surface area (Å²) in [6.45, 7) is 9.57. The van der Waals surface area contributed by atoms with Crippen LogP contribution in [0.2, 0.25) is 0 Å². The second kappa shape index (κ2) is 6.00. The van der Waals surface area contributed by atoms with Crippen molar-refractivity contribution in [1.82, 2.24) is 0 Å². The van der Waals surface area contributed by atoms with Gasteiger partial charge >= 0.3 is 0 Å². The summed E-state index contributed by atoms with van der Waals surface area (Å²) in [6, 6.07) is 0. The molecule has 1 unspecified atom stereocenters. The molecule has 0 aliphatic carbocycles. The molecule has 3 N–H and O–H groups in total. The van der Waals surface area contributed by atoms with Gasteiger partial charge in [0.15, 0.2) is 0 Å². The Morgan fingerprint density at radius 2 is 1.83 bits per heavy atom. The second-order valence-corrected chi connectivity index (χ2v) is 3.65. The highest BCUT2D eigenvalue weighted by Crippen LogP contribution is 2.14. The predicted octanol–water partition coefficient (Wildman–Crippen LogP) is 1.86. The number of carboxylic acid groups (broad SMARTS) is 1. The molecule has 0 bridgehead atoms. The fourth-order valence-corrected chi connectivity index (χ4v) is 0.526. The van der Waals surface area contributed by atoms with Crippen LogP contribution in [0, 0.1) is 5.92 Å². The van der Waals surface area contributed by atoms with Crippen LogP contribution in [0.25, 0.3) is 0 Å². The van der Waals surface area contributed by atoms with E-state index in [2.05, 4.69) is 27.7 Å². The number of hydrogen-bond acceptors (Lipinski definition) is 2. The number of carbonyl (C=O) groups is 1. The molecule has 74 valence electrons. The van der Waals surface area contributed by atoms with Gasteiger partial charge in [-0.15, -0.1) is 0 Å². The third-order valence-electron chi connectivity index (χ3n) is 1.88. The minimum absolute atomic E-state index is 0.00868. The largest absolute Gasteiger partial charge is 0.481 e. The summed E-state index contributed by atoms with van der Waals surface area (Å²) in [5.74, 6) is -0.206. The molecule has 3 heteroatoms. The van der Waals surface area contributed by atoms with Crippen molar-refractivity contribution in [2.45, 2.75) is 46.6 Å². The standard InChI is InChI=1S/C7H17N.C2H4O2/c1-5-6(2)7(3,4)8;1-2(3)4/h6H,5,8H2,1-4H3;1H3,(H,3,4). The Labute approximate surface area is 75.0 Å². The lowest BCUT2D eigenvalue weighted by Crippen LogP contribution is -2.38. The van der Waals surface area contributed by atoms with E-state index in [1.54, 1.807) is 0 Å². The summed E-state index contributed by atoms with van der Waals surface area (Å²) in [5, 5.41) is 7.42. The third kappa shape index (κ3) is 12.1. The van der Waals surface area contributed by atoms with Crippen LogP contribution in [0.3, 0.4) is 0 Å². The highest BCUT2D eigenvalue weighted by atomic mass is 16.4. The van der Waals surface area contributed by atoms with E-state index in [9.17, 15) is 0 Å². The van der Waals surface area contributed by atoms with Crippen LogP contribution in [0.1, 0.15) is 41.0 Å². The van der Waals surface area contributed by atoms with Crippen molar-refractivity contribution in [1.29, 1.82) is 0 Å². The molecule has 0 amide bonds. The SMILES string of the molecule is CC(=O)O.CCC(C)C(C)(C)N. The molecule has 0 aliphatic heterocycles. The van der Waals surface area contributed by atoms with Gasteiger partial charge in [-0.2, -0.15) is 0 Å². The van der Waals surface area contributed by atoms with Crippen LogP contribution < -0.4 is 5.73 Å². The Morgan fingerprint density at radius 1 is 1.58 bits per heavy atom. The average Bonchev–Trinajstić information content (AvgIpc) is 1.82. The molecule has 0 rings (SSSR count). The Hall–Kier alpha value is -0.570. The van der Waals surface area contributed by atoms with E-state index >= 15 is 0 Å². The molecule has 0 heterocycles. The lowest BCUT2D eigenvalue weighted by atomic mass is 9.88. The van der Waals surface area contributed by atoms with E-state index in [0.717, 1.165) is 6.92 Å². The van der Waals surface area contributed by atoms with Gasteiger partial charge in [0.25, 0.3) is 5.97 Å². The Balaban J connectivity index is 0. The van der Waals surface area contributed by atoms with Crippen LogP contribution in [0.15, 0.2) is 0 Å². The van der Waals surface area contributed by atoms with E-state index in [4.69, 9.17) is 15.6 Å². The maximum atomic E-state index is 9.00. The van der Waals surface area contributed by atoms with Crippen LogP contribution in [0.5, 0.6) is 0 Å². The van der Waals surface area contributed by atoms with Crippen LogP contribution >= 0.6 is 0 Å². The van der Waals surface area contributed by atoms with Crippen molar-refractivity contribution < 1.29 is 9.90 Å². The fourth-order valence-electron chi connectivity index (χ4n) is 0.526. The molecule has 0 saturated heterocycles. The number of aliphatic carboxylic acids is 1. The van der Waals surface area contributed by atoms with Crippen LogP contribution in [0.4, 0.5) is 0 Å². The van der Waals surface area contributed by atoms with E-state index < -0.39 is 5.97 Å². The lowest BCUT2D eigenvalue weighted by Gasteiger charge is -2.25. The van der Waals surface area contributed by atoms with Crippen molar-refractivity contribution >= 4 is 5.97 Å². The third-order valence-corrected chi connectivity index (χ3v) is 1.88. The topological polar surface area (TPSA) is 63.3 Å². The summed E-state index contributed by atoms with van der Waals surface area (Å²) in [7, 11) is 0. The number of nitrogens with two attached hydrogens (primary N) is 1. The molecule has 3 nitrogen and oxygen atoms in total. The highest BCUT2D eigenvalue weighted by molar-refractivity contribution is 5.62. The molecular weight excluding hydrogens is 154 g/mol. The Morgan fingerprint density at radius 3 is 1.83 bits per heavy atom. The van der Waals surface area contributed by atoms with Gasteiger partial charge in [-0.3, -0.25) is 4.79 Å². The van der Waals surface area contributed by atoms with Crippen molar-refractivity contribution in [2.24, 2.45) is 11.7 Å². The van der Waals surface area contributed by atoms with Crippen LogP contribution in [-0.4, -0.2) is 16.6 Å². The predicted molar refractivity (Wildman–Crippen MR) is 51.0 cm³/mol. The lowest BCUT2D eigenvalue weighted by molar-refractivity contribution is -0.134. The monoisotopic (exact) mass is 175 g/mol. The maximum absolute atomic E-state index is 9.00. The zero-order valence-electron chi connectivity index (χ0n) is 8.72. The summed E-state index contributed by atoms with van der Waals surface area (Å²) in [6.07, 6.45) is 1.17. The Bertz CT molecular complexity index is 123. The highest BCUT2D eigenvalue weighted by Gasteiger charge is 2.17. The van der Waals surface area contributed by atoms with Gasteiger partial charge in [0.05, 0.1) is 0 Å². The number of carboxylic acids is 1. The summed E-state index contributed by atoms with van der Waals surface area (Å²) in [4.78, 5) is 9.00. The number of hydrogen-bond donors (Lipinski definition) is 2. The van der Waals surface area contributed by atoms with E-state index in [0.29, 0.717) is 5.92 Å². The molecule has 1 atom stereocenters. The molecule has 0 fully saturated rings. The second-order valence-electron chi connectivity index (χ2n) is 3.65. The van der Waals surface area contributed by atoms with Gasteiger partial charge in [0, 0.05) is 12.5 Å². The fraction of sp³-hybridized carbons (Fsp3) is 0.889. The minimum atomic E-state index is -0.833. The van der Waals surface area contributed by atoms with E-state index in [-0.39, 0.29) is 5.54 Å². The first-order valence-electron chi connectivity index (χ1n) is 4.20. The molecule has 0 aromatic heterocycles. The molecule has 0 aromatic rings. The molecular formula is C9H21NO2. The normalized spacial score (nSPS) is 12.8. The van der Waals surface area contributed by atoms with Gasteiger partial charge in [0.2, 0.25) is 0 Å². The maximum Gasteiger partial charge on any atom is 0.300 e. The van der Waals surface area contributed by atoms with Gasteiger partial charge in [-0.05, 0) is 19.8 Å². The van der Waals surface area contributed by atoms with Crippen LogP contribution in [-0.2, 0) is 4.79 Å². The first-order chi connectivity index (χ1) is 5.21. The molecule has 0 spiro atoms. The first kappa shape index (κ1) is 14.0. The zero-order valence-corrected chi connectivity index (χ0v) is 8.72. The van der Waals surface area contributed by atoms with E-state index in [1.807, 2.05) is 0 Å². The average molecular weight is 175 g/mol. The van der Waals surface area contributed by atoms with Crippen molar-refractivity contribution in [3.8, 4) is 0 Å². The molecule has 12 heavy (non-hydrogen) atoms. The zero-order chi connectivity index (χ0) is 10.4. The number of rotatable bonds is 2. The Kier molecular flexibility index (Phi) is 6.99. The van der Waals surface area contributed by atoms with Crippen molar-refractivity contribution in [3.63, 3.8) is 0 Å². The van der Waals surface area contributed by atoms with Gasteiger partial charge in [-0.1, -0.05) is 20.3 Å². The summed E-state index contributed by atoms with van der Waals surface area (Å²) in [5.41, 5.74) is 5.80. The van der Waals surface area contributed by atoms with Crippen molar-refractivity contribution in [3.05, 3.63) is 0 Å². The van der Waals surface area contributed by atoms with Gasteiger partial charge in [-0.25, -0.2) is 0 Å². The molecule has 0 aromatic carbocycles. The summed E-state index contributed by atoms with van der Waals surface area (Å²) >= 11 is 0.